The summed E-state index contributed by atoms with van der Waals surface area (Å²) in [5, 5.41) is 1.04. The van der Waals surface area contributed by atoms with Crippen LogP contribution in [0.4, 0.5) is 0 Å². The highest BCUT2D eigenvalue weighted by Gasteiger charge is 2.24. The Labute approximate surface area is 94.7 Å². The van der Waals surface area contributed by atoms with Crippen LogP contribution in [0.15, 0.2) is 11.3 Å². The van der Waals surface area contributed by atoms with Crippen LogP contribution in [0.3, 0.4) is 0 Å². The molecule has 0 saturated heterocycles. The van der Waals surface area contributed by atoms with Gasteiger partial charge in [0.1, 0.15) is 0 Å². The third-order valence-electron chi connectivity index (χ3n) is 2.32. The zero-order valence-corrected chi connectivity index (χ0v) is 11.7. The smallest absolute Gasteiger partial charge is 0.154 e. The number of methoxy groups -OCH3 is 1. The molecule has 0 bridgehead atoms. The number of rotatable bonds is 7. The normalized spacial score (nSPS) is 13.0. The zero-order valence-electron chi connectivity index (χ0n) is 10.7. The van der Waals surface area contributed by atoms with Gasteiger partial charge in [-0.1, -0.05) is 39.1 Å². The Hall–Kier alpha value is -0.413. The van der Waals surface area contributed by atoms with Gasteiger partial charge in [-0.05, 0) is 11.6 Å². The van der Waals surface area contributed by atoms with Crippen molar-refractivity contribution in [2.24, 2.45) is 0 Å². The maximum Gasteiger partial charge on any atom is 0.154 e. The Morgan fingerprint density at radius 2 is 1.93 bits per heavy atom. The van der Waals surface area contributed by atoms with Crippen LogP contribution in [-0.4, -0.2) is 27.6 Å². The van der Waals surface area contributed by atoms with E-state index in [0.717, 1.165) is 18.0 Å². The molecule has 0 aliphatic carbocycles. The second-order valence-electron chi connectivity index (χ2n) is 4.85. The van der Waals surface area contributed by atoms with Crippen molar-refractivity contribution in [2.45, 2.75) is 45.8 Å². The van der Waals surface area contributed by atoms with Crippen molar-refractivity contribution in [3.8, 4) is 0 Å². The average Bonchev–Trinajstić information content (AvgIpc) is 2.13. The molecule has 0 heterocycles. The molecule has 2 nitrogen and oxygen atoms in total. The van der Waals surface area contributed by atoms with E-state index in [4.69, 9.17) is 4.74 Å². The molecule has 0 aromatic heterocycles. The second kappa shape index (κ2) is 6.96. The van der Waals surface area contributed by atoms with Crippen molar-refractivity contribution >= 4 is 13.9 Å². The molecule has 0 aliphatic rings. The Kier molecular flexibility index (Phi) is 6.77. The first-order chi connectivity index (χ1) is 6.93. The molecule has 0 radical (unpaired) electrons. The summed E-state index contributed by atoms with van der Waals surface area (Å²) in [5.74, 6) is 0.327. The van der Waals surface area contributed by atoms with Crippen LogP contribution in [0.25, 0.3) is 0 Å². The first-order valence-electron chi connectivity index (χ1n) is 5.66. The Bertz CT molecular complexity index is 226. The molecule has 0 saturated carbocycles. The summed E-state index contributed by atoms with van der Waals surface area (Å²) in [4.78, 5) is 12.0. The molecular formula is C12H24O2Si. The molecule has 0 unspecified atom stereocenters. The highest BCUT2D eigenvalue weighted by Crippen LogP contribution is 2.18. The molecule has 3 heteroatoms. The topological polar surface area (TPSA) is 26.3 Å². The van der Waals surface area contributed by atoms with Crippen LogP contribution >= 0.6 is 0 Å². The lowest BCUT2D eigenvalue weighted by Crippen LogP contribution is -2.30. The lowest BCUT2D eigenvalue weighted by atomic mass is 10.2. The first-order valence-corrected chi connectivity index (χ1v) is 9.16. The second-order valence-corrected chi connectivity index (χ2v) is 9.89. The molecule has 15 heavy (non-hydrogen) atoms. The number of hydrogen-bond acceptors (Lipinski definition) is 2. The summed E-state index contributed by atoms with van der Waals surface area (Å²) in [6, 6.07) is 0. The number of allylic oxidation sites excluding steroid dienone is 1. The van der Waals surface area contributed by atoms with Crippen LogP contribution in [0, 0.1) is 0 Å². The number of ketones is 1. The van der Waals surface area contributed by atoms with Gasteiger partial charge >= 0.3 is 0 Å². The van der Waals surface area contributed by atoms with Gasteiger partial charge in [-0.3, -0.25) is 4.79 Å². The molecule has 0 aromatic carbocycles. The molecule has 0 rings (SSSR count). The van der Waals surface area contributed by atoms with Gasteiger partial charge in [0.15, 0.2) is 5.78 Å². The van der Waals surface area contributed by atoms with Crippen LogP contribution in [0.1, 0.15) is 26.2 Å². The molecule has 0 N–H and O–H groups in total. The van der Waals surface area contributed by atoms with E-state index in [1.54, 1.807) is 7.11 Å². The maximum atomic E-state index is 12.0. The quantitative estimate of drug-likeness (QED) is 0.494. The number of ether oxygens (including phenoxy) is 1. The molecule has 0 aromatic rings. The summed E-state index contributed by atoms with van der Waals surface area (Å²) in [6.07, 6.45) is 4.74. The van der Waals surface area contributed by atoms with Gasteiger partial charge in [-0.2, -0.15) is 0 Å². The predicted octanol–water partition coefficient (Wildman–Crippen LogP) is 3.20. The fourth-order valence-electron chi connectivity index (χ4n) is 1.48. The summed E-state index contributed by atoms with van der Waals surface area (Å²) < 4.78 is 5.02. The van der Waals surface area contributed by atoms with E-state index in [2.05, 4.69) is 26.6 Å². The average molecular weight is 228 g/mol. The van der Waals surface area contributed by atoms with Crippen LogP contribution in [0.2, 0.25) is 19.6 Å². The van der Waals surface area contributed by atoms with Crippen molar-refractivity contribution < 1.29 is 9.53 Å². The highest BCUT2D eigenvalue weighted by molar-refractivity contribution is 6.87. The van der Waals surface area contributed by atoms with Crippen molar-refractivity contribution in [3.63, 3.8) is 0 Å². The summed E-state index contributed by atoms with van der Waals surface area (Å²) in [7, 11) is 0.156. The predicted molar refractivity (Wildman–Crippen MR) is 67.8 cm³/mol. The van der Waals surface area contributed by atoms with E-state index in [1.807, 2.05) is 6.08 Å². The fourth-order valence-corrected chi connectivity index (χ4v) is 3.13. The summed E-state index contributed by atoms with van der Waals surface area (Å²) in [5.41, 5.74) is 0. The minimum atomic E-state index is -1.51. The first kappa shape index (κ1) is 14.6. The molecule has 0 spiro atoms. The Balaban J connectivity index is 4.57. The zero-order chi connectivity index (χ0) is 11.9. The van der Waals surface area contributed by atoms with Crippen molar-refractivity contribution in [1.29, 1.82) is 0 Å². The molecule has 0 atom stereocenters. The van der Waals surface area contributed by atoms with Crippen molar-refractivity contribution in [1.82, 2.24) is 0 Å². The Morgan fingerprint density at radius 1 is 1.33 bits per heavy atom. The minimum absolute atomic E-state index is 0.327. The van der Waals surface area contributed by atoms with Gasteiger partial charge in [-0.15, -0.1) is 0 Å². The lowest BCUT2D eigenvalue weighted by molar-refractivity contribution is -0.115. The van der Waals surface area contributed by atoms with Gasteiger partial charge in [0, 0.05) is 13.5 Å². The molecule has 88 valence electrons. The fraction of sp³-hybridized carbons (Fsp3) is 0.750. The summed E-state index contributed by atoms with van der Waals surface area (Å²) in [6.45, 7) is 9.28. The summed E-state index contributed by atoms with van der Waals surface area (Å²) >= 11 is 0. The lowest BCUT2D eigenvalue weighted by Gasteiger charge is -2.19. The monoisotopic (exact) mass is 228 g/mol. The van der Waals surface area contributed by atoms with E-state index in [0.29, 0.717) is 18.8 Å². The number of carbonyl (C=O) groups excluding carboxylic acids is 1. The van der Waals surface area contributed by atoms with E-state index < -0.39 is 8.07 Å². The molecule has 0 fully saturated rings. The van der Waals surface area contributed by atoms with Crippen LogP contribution < -0.4 is 0 Å². The van der Waals surface area contributed by atoms with Gasteiger partial charge in [-0.25, -0.2) is 0 Å². The third kappa shape index (κ3) is 5.90. The van der Waals surface area contributed by atoms with E-state index in [-0.39, 0.29) is 0 Å². The van der Waals surface area contributed by atoms with Gasteiger partial charge < -0.3 is 4.74 Å². The maximum absolute atomic E-state index is 12.0. The van der Waals surface area contributed by atoms with E-state index in [1.165, 1.54) is 0 Å². The van der Waals surface area contributed by atoms with E-state index in [9.17, 15) is 4.79 Å². The standard InChI is InChI=1S/C12H24O2Si/c1-6-7-8-11(13)12(9-10-14-2)15(3,4)5/h9H,6-8,10H2,1-5H3/b12-9-. The van der Waals surface area contributed by atoms with Gasteiger partial charge in [0.25, 0.3) is 0 Å². The molecular weight excluding hydrogens is 204 g/mol. The molecule has 0 amide bonds. The highest BCUT2D eigenvalue weighted by atomic mass is 28.3. The van der Waals surface area contributed by atoms with Gasteiger partial charge in [0.2, 0.25) is 0 Å². The minimum Gasteiger partial charge on any atom is -0.381 e. The van der Waals surface area contributed by atoms with Crippen molar-refractivity contribution in [2.75, 3.05) is 13.7 Å². The van der Waals surface area contributed by atoms with Crippen LogP contribution in [-0.2, 0) is 9.53 Å². The van der Waals surface area contributed by atoms with Crippen molar-refractivity contribution in [3.05, 3.63) is 11.3 Å². The SMILES string of the molecule is CCCCC(=O)/C(=C/COC)[Si](C)(C)C. The number of Topliss-reactive ketones (excluding diaryl/α,β-unsaturated/α-hetero) is 1. The van der Waals surface area contributed by atoms with E-state index >= 15 is 0 Å². The Morgan fingerprint density at radius 3 is 2.33 bits per heavy atom. The molecule has 0 aliphatic heterocycles. The third-order valence-corrected chi connectivity index (χ3v) is 4.42. The number of hydrogen-bond donors (Lipinski definition) is 0. The largest absolute Gasteiger partial charge is 0.381 e. The number of carbonyl (C=O) groups is 1. The van der Waals surface area contributed by atoms with Crippen LogP contribution in [0.5, 0.6) is 0 Å². The van der Waals surface area contributed by atoms with Gasteiger partial charge in [0.05, 0.1) is 14.7 Å². The number of unbranched alkanes of at least 4 members (excludes halogenated alkanes) is 1.